The molecule has 2 heterocycles. The highest BCUT2D eigenvalue weighted by Gasteiger charge is 2.22. The average Bonchev–Trinajstić information content (AvgIpc) is 3.29. The highest BCUT2D eigenvalue weighted by atomic mass is 79.9. The number of aryl methyl sites for hydroxylation is 1. The van der Waals surface area contributed by atoms with Crippen molar-refractivity contribution in [2.75, 3.05) is 0 Å². The number of azo groups is 1. The number of halogens is 2. The second-order valence-electron chi connectivity index (χ2n) is 6.88. The third-order valence-electron chi connectivity index (χ3n) is 4.93. The van der Waals surface area contributed by atoms with Gasteiger partial charge in [0.1, 0.15) is 15.7 Å². The smallest absolute Gasteiger partial charge is 0.409 e. The first kappa shape index (κ1) is 21.6. The molecule has 0 radical (unpaired) electrons. The summed E-state index contributed by atoms with van der Waals surface area (Å²) in [5, 5.41) is 11.3. The summed E-state index contributed by atoms with van der Waals surface area (Å²) in [6.45, 7) is 0. The third-order valence-corrected chi connectivity index (χ3v) is 6.47. The van der Waals surface area contributed by atoms with Crippen molar-refractivity contribution in [3.63, 3.8) is 0 Å². The van der Waals surface area contributed by atoms with E-state index in [1.54, 1.807) is 11.3 Å². The van der Waals surface area contributed by atoms with E-state index in [0.717, 1.165) is 42.5 Å². The molecule has 0 spiro atoms. The van der Waals surface area contributed by atoms with Crippen LogP contribution >= 0.6 is 27.3 Å². The van der Waals surface area contributed by atoms with Crippen molar-refractivity contribution in [2.24, 2.45) is 17.3 Å². The molecule has 2 aromatic heterocycles. The first-order valence-corrected chi connectivity index (χ1v) is 11.1. The summed E-state index contributed by atoms with van der Waals surface area (Å²) >= 11 is 5.08. The van der Waals surface area contributed by atoms with Crippen molar-refractivity contribution in [3.05, 3.63) is 94.9 Å². The minimum atomic E-state index is 0. The molecule has 5 aromatic rings. The molecule has 0 aliphatic rings. The Morgan fingerprint density at radius 2 is 1.48 bits per heavy atom. The van der Waals surface area contributed by atoms with Crippen LogP contribution < -0.4 is 21.5 Å². The van der Waals surface area contributed by atoms with E-state index in [0.29, 0.717) is 0 Å². The number of fused-ring (bicyclic) bond motifs is 1. The molecule has 0 aliphatic carbocycles. The maximum atomic E-state index is 4.77. The van der Waals surface area contributed by atoms with Gasteiger partial charge in [-0.1, -0.05) is 66.7 Å². The van der Waals surface area contributed by atoms with Crippen LogP contribution in [0.3, 0.4) is 0 Å². The lowest BCUT2D eigenvalue weighted by Gasteiger charge is -2.11. The van der Waals surface area contributed by atoms with Crippen LogP contribution in [0.1, 0.15) is 0 Å². The number of hydrogen-bond acceptors (Lipinski definition) is 3. The Kier molecular flexibility index (Phi) is 6.46. The molecule has 0 unspecified atom stereocenters. The van der Waals surface area contributed by atoms with E-state index < -0.39 is 0 Å². The summed E-state index contributed by atoms with van der Waals surface area (Å²) in [6, 6.07) is 29.1. The van der Waals surface area contributed by atoms with Gasteiger partial charge in [-0.2, -0.15) is 0 Å². The molecule has 0 fully saturated rings. The molecule has 154 valence electrons. The highest BCUT2D eigenvalue weighted by Crippen LogP contribution is 2.42. The SMILES string of the molecule is C[n+]1cc(Br)sc1N=Nc1c(-c2ccccc2)n(-c2ccccc2)c2ccccc12.[Br-]. The first-order chi connectivity index (χ1) is 14.7. The molecular formula is C24H18Br2N4S. The zero-order chi connectivity index (χ0) is 20.5. The van der Waals surface area contributed by atoms with Crippen LogP contribution in [0.2, 0.25) is 0 Å². The van der Waals surface area contributed by atoms with Gasteiger partial charge in [0, 0.05) is 16.6 Å². The van der Waals surface area contributed by atoms with Gasteiger partial charge >= 0.3 is 5.13 Å². The predicted octanol–water partition coefficient (Wildman–Crippen LogP) is 4.37. The van der Waals surface area contributed by atoms with Crippen LogP contribution in [0.15, 0.2) is 105 Å². The molecule has 3 aromatic carbocycles. The Labute approximate surface area is 203 Å². The second kappa shape index (κ2) is 9.26. The fourth-order valence-electron chi connectivity index (χ4n) is 3.61. The molecule has 0 bridgehead atoms. The number of para-hydroxylation sites is 2. The molecule has 31 heavy (non-hydrogen) atoms. The second-order valence-corrected chi connectivity index (χ2v) is 9.27. The van der Waals surface area contributed by atoms with E-state index in [4.69, 9.17) is 5.11 Å². The molecular weight excluding hydrogens is 536 g/mol. The standard InChI is InChI=1S/C24H18BrN4S.BrH/c1-28-16-21(25)30-24(28)27-26-22-19-14-8-9-15-20(19)29(18-12-6-3-7-13-18)23(22)17-10-4-2-5-11-17;/h2-16H,1H3;1H/q+1;/p-1. The van der Waals surface area contributed by atoms with E-state index >= 15 is 0 Å². The summed E-state index contributed by atoms with van der Waals surface area (Å²) in [6.07, 6.45) is 1.99. The molecule has 0 atom stereocenters. The van der Waals surface area contributed by atoms with Crippen LogP contribution in [0.25, 0.3) is 27.8 Å². The van der Waals surface area contributed by atoms with E-state index in [1.807, 2.05) is 36.0 Å². The summed E-state index contributed by atoms with van der Waals surface area (Å²) in [5.74, 6) is 0. The van der Waals surface area contributed by atoms with Gasteiger partial charge in [0.2, 0.25) is 0 Å². The Bertz CT molecular complexity index is 1360. The highest BCUT2D eigenvalue weighted by molar-refractivity contribution is 9.11. The van der Waals surface area contributed by atoms with Crippen molar-refractivity contribution in [1.29, 1.82) is 0 Å². The number of hydrogen-bond donors (Lipinski definition) is 0. The zero-order valence-corrected chi connectivity index (χ0v) is 20.6. The first-order valence-electron chi connectivity index (χ1n) is 9.53. The molecule has 0 saturated heterocycles. The van der Waals surface area contributed by atoms with Crippen molar-refractivity contribution in [2.45, 2.75) is 0 Å². The van der Waals surface area contributed by atoms with E-state index in [-0.39, 0.29) is 17.0 Å². The maximum Gasteiger partial charge on any atom is 0.409 e. The van der Waals surface area contributed by atoms with Gasteiger partial charge in [0.15, 0.2) is 0 Å². The van der Waals surface area contributed by atoms with Gasteiger partial charge in [-0.05, 0) is 50.6 Å². The lowest BCUT2D eigenvalue weighted by Crippen LogP contribution is -3.00. The molecule has 4 nitrogen and oxygen atoms in total. The largest absolute Gasteiger partial charge is 1.00 e. The van der Waals surface area contributed by atoms with Gasteiger partial charge in [0.25, 0.3) is 0 Å². The van der Waals surface area contributed by atoms with Crippen LogP contribution in [0.5, 0.6) is 0 Å². The third kappa shape index (κ3) is 4.13. The fourth-order valence-corrected chi connectivity index (χ4v) is 5.01. The van der Waals surface area contributed by atoms with Crippen LogP contribution in [-0.2, 0) is 7.05 Å². The van der Waals surface area contributed by atoms with Crippen LogP contribution in [0.4, 0.5) is 10.8 Å². The summed E-state index contributed by atoms with van der Waals surface area (Å²) < 4.78 is 5.26. The molecule has 0 saturated carbocycles. The summed E-state index contributed by atoms with van der Waals surface area (Å²) in [4.78, 5) is 0. The Morgan fingerprint density at radius 3 is 2.16 bits per heavy atom. The molecule has 5 rings (SSSR count). The normalized spacial score (nSPS) is 11.2. The Morgan fingerprint density at radius 1 is 0.839 bits per heavy atom. The summed E-state index contributed by atoms with van der Waals surface area (Å²) in [5.41, 5.74) is 5.20. The number of benzene rings is 3. The number of rotatable bonds is 4. The molecule has 0 amide bonds. The van der Waals surface area contributed by atoms with Gasteiger partial charge in [-0.25, -0.2) is 4.57 Å². The van der Waals surface area contributed by atoms with Gasteiger partial charge in [-0.15, -0.1) is 0 Å². The van der Waals surface area contributed by atoms with Crippen molar-refractivity contribution in [3.8, 4) is 16.9 Å². The molecule has 0 N–H and O–H groups in total. The minimum absolute atomic E-state index is 0. The van der Waals surface area contributed by atoms with Crippen LogP contribution in [0, 0.1) is 0 Å². The zero-order valence-electron chi connectivity index (χ0n) is 16.6. The molecule has 0 aliphatic heterocycles. The van der Waals surface area contributed by atoms with Gasteiger partial charge < -0.3 is 21.5 Å². The van der Waals surface area contributed by atoms with E-state index in [9.17, 15) is 0 Å². The summed E-state index contributed by atoms with van der Waals surface area (Å²) in [7, 11) is 1.97. The minimum Gasteiger partial charge on any atom is -1.00 e. The van der Waals surface area contributed by atoms with E-state index in [2.05, 4.69) is 92.3 Å². The Balaban J connectivity index is 0.00000231. The fraction of sp³-hybridized carbons (Fsp3) is 0.0417. The van der Waals surface area contributed by atoms with Crippen LogP contribution in [-0.4, -0.2) is 4.57 Å². The quantitative estimate of drug-likeness (QED) is 0.234. The number of aromatic nitrogens is 2. The Hall–Kier alpha value is -2.61. The average molecular weight is 554 g/mol. The van der Waals surface area contributed by atoms with E-state index in [1.165, 1.54) is 0 Å². The monoisotopic (exact) mass is 552 g/mol. The van der Waals surface area contributed by atoms with Crippen molar-refractivity contribution < 1.29 is 21.5 Å². The maximum absolute atomic E-state index is 4.77. The predicted molar refractivity (Wildman–Crippen MR) is 126 cm³/mol. The van der Waals surface area contributed by atoms with Crippen molar-refractivity contribution in [1.82, 2.24) is 4.57 Å². The van der Waals surface area contributed by atoms with Crippen molar-refractivity contribution >= 4 is 49.0 Å². The lowest BCUT2D eigenvalue weighted by atomic mass is 10.1. The number of nitrogens with zero attached hydrogens (tertiary/aromatic N) is 4. The number of thiazole rings is 1. The van der Waals surface area contributed by atoms with Gasteiger partial charge in [0.05, 0.1) is 23.4 Å². The lowest BCUT2D eigenvalue weighted by molar-refractivity contribution is -0.654. The topological polar surface area (TPSA) is 33.5 Å². The molecule has 7 heteroatoms. The van der Waals surface area contributed by atoms with Gasteiger partial charge in [-0.3, -0.25) is 0 Å².